The molecule has 0 aliphatic carbocycles. The van der Waals surface area contributed by atoms with Crippen LogP contribution < -0.4 is 5.73 Å². The predicted molar refractivity (Wildman–Crippen MR) is 95.1 cm³/mol. The van der Waals surface area contributed by atoms with Crippen molar-refractivity contribution in [2.45, 2.75) is 39.3 Å². The summed E-state index contributed by atoms with van der Waals surface area (Å²) in [4.78, 5) is 18.5. The minimum Gasteiger partial charge on any atom is -0.462 e. The number of nitrogen functional groups attached to an aromatic ring is 1. The van der Waals surface area contributed by atoms with E-state index in [-0.39, 0.29) is 6.04 Å². The van der Waals surface area contributed by atoms with E-state index in [9.17, 15) is 4.79 Å². The molecular formula is C18H25N5O2. The first-order valence-electron chi connectivity index (χ1n) is 8.71. The van der Waals surface area contributed by atoms with E-state index in [4.69, 9.17) is 10.5 Å². The molecule has 0 saturated carbocycles. The molecule has 2 aromatic heterocycles. The molecule has 0 unspecified atom stereocenters. The van der Waals surface area contributed by atoms with Crippen LogP contribution in [0.5, 0.6) is 0 Å². The second kappa shape index (κ2) is 7.65. The average molecular weight is 343 g/mol. The Morgan fingerprint density at radius 2 is 2.08 bits per heavy atom. The summed E-state index contributed by atoms with van der Waals surface area (Å²) in [5, 5.41) is 4.33. The number of pyridine rings is 1. The summed E-state index contributed by atoms with van der Waals surface area (Å²) in [6.45, 7) is 7.00. The molecule has 0 spiro atoms. The van der Waals surface area contributed by atoms with E-state index in [0.717, 1.165) is 32.5 Å². The summed E-state index contributed by atoms with van der Waals surface area (Å²) in [5.41, 5.74) is 8.90. The normalized spacial score (nSPS) is 16.1. The standard InChI is InChI=1S/C18H25N5O2/c1-3-25-18(24)16-11-21-23(17(16)19)15-4-6-22(7-5-15)12-14-8-13(2)9-20-10-14/h8-11,15H,3-7,12,19H2,1-2H3. The second-order valence-electron chi connectivity index (χ2n) is 6.49. The van der Waals surface area contributed by atoms with Gasteiger partial charge >= 0.3 is 5.97 Å². The lowest BCUT2D eigenvalue weighted by Gasteiger charge is -2.32. The fourth-order valence-corrected chi connectivity index (χ4v) is 3.31. The van der Waals surface area contributed by atoms with Gasteiger partial charge in [0.25, 0.3) is 0 Å². The monoisotopic (exact) mass is 343 g/mol. The summed E-state index contributed by atoms with van der Waals surface area (Å²) >= 11 is 0. The van der Waals surface area contributed by atoms with Crippen LogP contribution >= 0.6 is 0 Å². The molecule has 7 heteroatoms. The van der Waals surface area contributed by atoms with Crippen molar-refractivity contribution < 1.29 is 9.53 Å². The Bertz CT molecular complexity index is 735. The van der Waals surface area contributed by atoms with Gasteiger partial charge in [-0.1, -0.05) is 6.07 Å². The smallest absolute Gasteiger partial charge is 0.343 e. The highest BCUT2D eigenvalue weighted by Crippen LogP contribution is 2.27. The maximum Gasteiger partial charge on any atom is 0.343 e. The number of piperidine rings is 1. The minimum atomic E-state index is -0.407. The van der Waals surface area contributed by atoms with E-state index in [0.29, 0.717) is 18.0 Å². The van der Waals surface area contributed by atoms with Crippen molar-refractivity contribution in [1.82, 2.24) is 19.7 Å². The van der Waals surface area contributed by atoms with Crippen molar-refractivity contribution in [2.24, 2.45) is 0 Å². The van der Waals surface area contributed by atoms with Gasteiger partial charge in [0.15, 0.2) is 0 Å². The molecule has 0 atom stereocenters. The average Bonchev–Trinajstić information content (AvgIpc) is 2.97. The first kappa shape index (κ1) is 17.4. The van der Waals surface area contributed by atoms with Gasteiger partial charge in [0.05, 0.1) is 18.8 Å². The van der Waals surface area contributed by atoms with Crippen molar-refractivity contribution >= 4 is 11.8 Å². The highest BCUT2D eigenvalue weighted by molar-refractivity contribution is 5.94. The number of anilines is 1. The van der Waals surface area contributed by atoms with Crippen LogP contribution in [0.25, 0.3) is 0 Å². The summed E-state index contributed by atoms with van der Waals surface area (Å²) in [6, 6.07) is 2.39. The maximum atomic E-state index is 11.9. The molecule has 25 heavy (non-hydrogen) atoms. The number of ether oxygens (including phenoxy) is 1. The summed E-state index contributed by atoms with van der Waals surface area (Å²) in [5.74, 6) is -0.00424. The molecule has 3 rings (SSSR count). The van der Waals surface area contributed by atoms with Crippen LogP contribution in [0.1, 0.15) is 47.3 Å². The van der Waals surface area contributed by atoms with Crippen LogP contribution in [0.3, 0.4) is 0 Å². The number of carbonyl (C=O) groups is 1. The van der Waals surface area contributed by atoms with Crippen LogP contribution in [-0.4, -0.2) is 45.3 Å². The predicted octanol–water partition coefficient (Wildman–Crippen LogP) is 2.18. The first-order chi connectivity index (χ1) is 12.1. The van der Waals surface area contributed by atoms with Gasteiger partial charge in [0.2, 0.25) is 0 Å². The summed E-state index contributed by atoms with van der Waals surface area (Å²) in [6.07, 6.45) is 7.21. The minimum absolute atomic E-state index is 0.218. The Labute approximate surface area is 147 Å². The van der Waals surface area contributed by atoms with Gasteiger partial charge in [0.1, 0.15) is 11.4 Å². The Kier molecular flexibility index (Phi) is 5.33. The summed E-state index contributed by atoms with van der Waals surface area (Å²) in [7, 11) is 0. The molecule has 1 saturated heterocycles. The number of rotatable bonds is 5. The van der Waals surface area contributed by atoms with Gasteiger partial charge in [-0.3, -0.25) is 9.88 Å². The highest BCUT2D eigenvalue weighted by Gasteiger charge is 2.25. The van der Waals surface area contributed by atoms with Gasteiger partial charge in [-0.05, 0) is 37.8 Å². The lowest BCUT2D eigenvalue weighted by atomic mass is 10.0. The van der Waals surface area contributed by atoms with Crippen LogP contribution in [0.4, 0.5) is 5.82 Å². The topological polar surface area (TPSA) is 86.3 Å². The molecule has 7 nitrogen and oxygen atoms in total. The van der Waals surface area contributed by atoms with Crippen molar-refractivity contribution in [3.63, 3.8) is 0 Å². The molecule has 1 aliphatic heterocycles. The van der Waals surface area contributed by atoms with Crippen LogP contribution in [0.2, 0.25) is 0 Å². The SMILES string of the molecule is CCOC(=O)c1cnn(C2CCN(Cc3cncc(C)c3)CC2)c1N. The third kappa shape index (κ3) is 3.99. The van der Waals surface area contributed by atoms with Gasteiger partial charge in [-0.25, -0.2) is 9.48 Å². The van der Waals surface area contributed by atoms with Crippen molar-refractivity contribution in [3.05, 3.63) is 41.3 Å². The number of likely N-dealkylation sites (tertiary alicyclic amines) is 1. The zero-order valence-corrected chi connectivity index (χ0v) is 14.8. The van der Waals surface area contributed by atoms with E-state index < -0.39 is 5.97 Å². The highest BCUT2D eigenvalue weighted by atomic mass is 16.5. The van der Waals surface area contributed by atoms with E-state index >= 15 is 0 Å². The lowest BCUT2D eigenvalue weighted by Crippen LogP contribution is -2.34. The number of nitrogens with two attached hydrogens (primary N) is 1. The van der Waals surface area contributed by atoms with E-state index in [1.807, 2.05) is 12.4 Å². The second-order valence-corrected chi connectivity index (χ2v) is 6.49. The van der Waals surface area contributed by atoms with E-state index in [1.54, 1.807) is 11.6 Å². The fraction of sp³-hybridized carbons (Fsp3) is 0.500. The van der Waals surface area contributed by atoms with Gasteiger partial charge in [0, 0.05) is 32.0 Å². The molecule has 2 aromatic rings. The van der Waals surface area contributed by atoms with Gasteiger partial charge in [-0.2, -0.15) is 5.10 Å². The Balaban J connectivity index is 1.60. The lowest BCUT2D eigenvalue weighted by molar-refractivity contribution is 0.0527. The molecule has 3 heterocycles. The van der Waals surface area contributed by atoms with E-state index in [1.165, 1.54) is 17.3 Å². The van der Waals surface area contributed by atoms with Crippen LogP contribution in [0, 0.1) is 6.92 Å². The number of hydrogen-bond acceptors (Lipinski definition) is 6. The number of hydrogen-bond donors (Lipinski definition) is 1. The van der Waals surface area contributed by atoms with Crippen molar-refractivity contribution in [3.8, 4) is 0 Å². The molecule has 134 valence electrons. The Morgan fingerprint density at radius 1 is 1.32 bits per heavy atom. The Hall–Kier alpha value is -2.41. The largest absolute Gasteiger partial charge is 0.462 e. The van der Waals surface area contributed by atoms with E-state index in [2.05, 4.69) is 28.0 Å². The molecule has 1 fully saturated rings. The zero-order chi connectivity index (χ0) is 17.8. The van der Waals surface area contributed by atoms with Crippen molar-refractivity contribution in [1.29, 1.82) is 0 Å². The fourth-order valence-electron chi connectivity index (χ4n) is 3.31. The molecule has 0 amide bonds. The number of carbonyl (C=O) groups excluding carboxylic acids is 1. The van der Waals surface area contributed by atoms with Crippen LogP contribution in [0.15, 0.2) is 24.7 Å². The number of esters is 1. The maximum absolute atomic E-state index is 11.9. The summed E-state index contributed by atoms with van der Waals surface area (Å²) < 4.78 is 6.79. The quantitative estimate of drug-likeness (QED) is 0.838. The molecule has 0 bridgehead atoms. The number of aromatic nitrogens is 3. The first-order valence-corrected chi connectivity index (χ1v) is 8.71. The molecule has 0 aromatic carbocycles. The molecular weight excluding hydrogens is 318 g/mol. The molecule has 0 radical (unpaired) electrons. The van der Waals surface area contributed by atoms with Crippen LogP contribution in [-0.2, 0) is 11.3 Å². The molecule has 1 aliphatic rings. The van der Waals surface area contributed by atoms with Crippen molar-refractivity contribution in [2.75, 3.05) is 25.4 Å². The number of nitrogens with zero attached hydrogens (tertiary/aromatic N) is 4. The molecule has 2 N–H and O–H groups in total. The zero-order valence-electron chi connectivity index (χ0n) is 14.8. The van der Waals surface area contributed by atoms with Gasteiger partial charge in [-0.15, -0.1) is 0 Å². The third-order valence-corrected chi connectivity index (χ3v) is 4.57. The number of aryl methyl sites for hydroxylation is 1. The Morgan fingerprint density at radius 3 is 2.76 bits per heavy atom. The third-order valence-electron chi connectivity index (χ3n) is 4.57. The van der Waals surface area contributed by atoms with Gasteiger partial charge < -0.3 is 10.5 Å².